The van der Waals surface area contributed by atoms with E-state index in [1.165, 1.54) is 5.56 Å². The molecule has 1 unspecified atom stereocenters. The maximum atomic E-state index is 7.48. The zero-order valence-corrected chi connectivity index (χ0v) is 35.9. The Labute approximate surface area is 352 Å². The zero-order valence-electron chi connectivity index (χ0n) is 34.1. The lowest BCUT2D eigenvalue weighted by Gasteiger charge is -2.54. The minimum atomic E-state index is -1.47. The Morgan fingerprint density at radius 3 is 1.86 bits per heavy atom. The van der Waals surface area contributed by atoms with Gasteiger partial charge >= 0.3 is 0 Å². The number of hydrogen-bond donors (Lipinski definition) is 0. The molecule has 1 fully saturated rings. The van der Waals surface area contributed by atoms with Crippen LogP contribution in [0.3, 0.4) is 0 Å². The first-order chi connectivity index (χ1) is 28.0. The summed E-state index contributed by atoms with van der Waals surface area (Å²) in [6.45, 7) is 10.2. The molecule has 0 aromatic heterocycles. The maximum Gasteiger partial charge on any atom is 0.247 e. The molecule has 0 amide bonds. The molecule has 7 rings (SSSR count). The molecule has 7 nitrogen and oxygen atoms in total. The third kappa shape index (κ3) is 9.46. The van der Waals surface area contributed by atoms with Gasteiger partial charge in [-0.15, -0.1) is 0 Å². The minimum Gasteiger partial charge on any atom is -0.493 e. The van der Waals surface area contributed by atoms with Crippen molar-refractivity contribution < 1.29 is 32.8 Å². The van der Waals surface area contributed by atoms with E-state index in [1.54, 1.807) is 7.11 Å². The number of ether oxygens (including phenoxy) is 6. The SMILES string of the molecule is CO[C@@]1(c2ccc(Cl)c(Cc3ccc4c(c3)CCO4)c2)O[C@H](CC(C)(O[Si])C(C)(C)C)[C@@H](OCc2ccccc2)[C@H](OCc2ccccc2)[C@H]1OCc1ccccc1. The van der Waals surface area contributed by atoms with Crippen LogP contribution in [-0.4, -0.2) is 54.2 Å². The summed E-state index contributed by atoms with van der Waals surface area (Å²) >= 11 is 7.02. The normalized spacial score (nSPS) is 22.9. The number of methoxy groups -OCH3 is 1. The largest absolute Gasteiger partial charge is 0.493 e. The lowest BCUT2D eigenvalue weighted by atomic mass is 9.72. The van der Waals surface area contributed by atoms with Crippen molar-refractivity contribution in [2.24, 2.45) is 5.41 Å². The molecule has 2 aliphatic rings. The third-order valence-electron chi connectivity index (χ3n) is 11.8. The molecule has 2 aliphatic heterocycles. The first-order valence-corrected chi connectivity index (χ1v) is 20.9. The number of rotatable bonds is 16. The molecule has 2 heterocycles. The second-order valence-corrected chi connectivity index (χ2v) is 17.2. The number of fused-ring (bicyclic) bond motifs is 1. The van der Waals surface area contributed by atoms with Crippen LogP contribution in [0.4, 0.5) is 0 Å². The van der Waals surface area contributed by atoms with Gasteiger partial charge < -0.3 is 32.8 Å². The van der Waals surface area contributed by atoms with Crippen LogP contribution in [0.25, 0.3) is 0 Å². The highest BCUT2D eigenvalue weighted by molar-refractivity contribution is 6.31. The molecule has 0 saturated carbocycles. The number of halogens is 1. The van der Waals surface area contributed by atoms with Crippen LogP contribution < -0.4 is 4.74 Å². The summed E-state index contributed by atoms with van der Waals surface area (Å²) in [5, 5.41) is 0.648. The minimum absolute atomic E-state index is 0.281. The summed E-state index contributed by atoms with van der Waals surface area (Å²) in [4.78, 5) is 0. The molecule has 3 radical (unpaired) electrons. The Bertz CT molecular complexity index is 2080. The van der Waals surface area contributed by atoms with Crippen molar-refractivity contribution in [2.45, 2.75) is 103 Å². The number of benzene rings is 5. The average Bonchev–Trinajstić information content (AvgIpc) is 3.71. The fourth-order valence-electron chi connectivity index (χ4n) is 7.90. The standard InChI is InChI=1S/C49H54ClO7Si/c1-47(2,3)48(4,57-58)30-43-44(53-31-34-15-9-6-10-16-34)45(54-32-35-17-11-7-12-18-35)46(55-33-36-19-13-8-14-20-36)49(51-5,56-43)40-22-23-41(50)39(29-40)28-37-21-24-42-38(27-37)25-26-52-42/h6-24,27,29,43-46H,25-26,28,30-33H2,1-5H3/t43-,44-,45+,46-,48?,49+/m1/s1. The number of hydrogen-bond acceptors (Lipinski definition) is 7. The zero-order chi connectivity index (χ0) is 40.8. The van der Waals surface area contributed by atoms with Crippen LogP contribution in [0.1, 0.15) is 73.1 Å². The van der Waals surface area contributed by atoms with Gasteiger partial charge in [0.2, 0.25) is 16.3 Å². The van der Waals surface area contributed by atoms with Crippen molar-refractivity contribution in [3.8, 4) is 5.75 Å². The maximum absolute atomic E-state index is 7.48. The molecule has 9 heteroatoms. The predicted octanol–water partition coefficient (Wildman–Crippen LogP) is 10.1. The molecule has 58 heavy (non-hydrogen) atoms. The van der Waals surface area contributed by atoms with E-state index < -0.39 is 35.8 Å². The predicted molar refractivity (Wildman–Crippen MR) is 228 cm³/mol. The molecule has 5 aromatic carbocycles. The summed E-state index contributed by atoms with van der Waals surface area (Å²) in [5.74, 6) is -0.523. The van der Waals surface area contributed by atoms with Crippen LogP contribution in [0.5, 0.6) is 5.75 Å². The quantitative estimate of drug-likeness (QED) is 0.0919. The first kappa shape index (κ1) is 42.3. The summed E-state index contributed by atoms with van der Waals surface area (Å²) in [7, 11) is 5.16. The van der Waals surface area contributed by atoms with Gasteiger partial charge in [-0.05, 0) is 70.3 Å². The van der Waals surface area contributed by atoms with Crippen LogP contribution in [0.15, 0.2) is 127 Å². The van der Waals surface area contributed by atoms with Gasteiger partial charge in [0.15, 0.2) is 0 Å². The van der Waals surface area contributed by atoms with Gasteiger partial charge in [0.05, 0.1) is 38.1 Å². The topological polar surface area (TPSA) is 64.6 Å². The van der Waals surface area contributed by atoms with Crippen LogP contribution in [-0.2, 0) is 66.6 Å². The lowest BCUT2D eigenvalue weighted by Crippen LogP contribution is -2.66. The van der Waals surface area contributed by atoms with Crippen molar-refractivity contribution in [3.63, 3.8) is 0 Å². The molecule has 0 bridgehead atoms. The van der Waals surface area contributed by atoms with E-state index >= 15 is 0 Å². The van der Waals surface area contributed by atoms with Gasteiger partial charge in [-0.1, -0.05) is 142 Å². The van der Waals surface area contributed by atoms with Crippen molar-refractivity contribution in [1.29, 1.82) is 0 Å². The summed E-state index contributed by atoms with van der Waals surface area (Å²) in [5.41, 5.74) is 6.07. The second-order valence-electron chi connectivity index (χ2n) is 16.6. The first-order valence-electron chi connectivity index (χ1n) is 20.1. The Morgan fingerprint density at radius 2 is 1.29 bits per heavy atom. The Hall–Kier alpha value is -3.83. The highest BCUT2D eigenvalue weighted by Crippen LogP contribution is 2.48. The van der Waals surface area contributed by atoms with Crippen LogP contribution >= 0.6 is 11.6 Å². The van der Waals surface area contributed by atoms with Crippen molar-refractivity contribution in [1.82, 2.24) is 0 Å². The van der Waals surface area contributed by atoms with Gasteiger partial charge in [0.25, 0.3) is 0 Å². The van der Waals surface area contributed by atoms with Crippen molar-refractivity contribution in [3.05, 3.63) is 171 Å². The average molecular weight is 819 g/mol. The van der Waals surface area contributed by atoms with E-state index in [0.29, 0.717) is 37.7 Å². The van der Waals surface area contributed by atoms with Crippen LogP contribution in [0, 0.1) is 5.41 Å². The molecular weight excluding hydrogens is 764 g/mol. The second kappa shape index (κ2) is 18.6. The third-order valence-corrected chi connectivity index (χ3v) is 12.7. The monoisotopic (exact) mass is 817 g/mol. The fraction of sp³-hybridized carbons (Fsp3) is 0.388. The molecular formula is C49H54ClO7Si. The van der Waals surface area contributed by atoms with Gasteiger partial charge in [0.1, 0.15) is 24.1 Å². The van der Waals surface area contributed by atoms with E-state index in [2.05, 4.69) is 86.7 Å². The van der Waals surface area contributed by atoms with Gasteiger partial charge in [-0.2, -0.15) is 0 Å². The van der Waals surface area contributed by atoms with E-state index in [4.69, 9.17) is 44.4 Å². The summed E-state index contributed by atoms with van der Waals surface area (Å²) < 4.78 is 47.4. The van der Waals surface area contributed by atoms with Crippen LogP contribution in [0.2, 0.25) is 5.02 Å². The lowest BCUT2D eigenvalue weighted by molar-refractivity contribution is -0.386. The van der Waals surface area contributed by atoms with E-state index in [1.807, 2.05) is 78.9 Å². The molecule has 5 aromatic rings. The molecule has 0 N–H and O–H groups in total. The Balaban J connectivity index is 1.36. The molecule has 0 aliphatic carbocycles. The van der Waals surface area contributed by atoms with E-state index in [0.717, 1.165) is 45.6 Å². The summed E-state index contributed by atoms with van der Waals surface area (Å²) in [6.07, 6.45) is -0.777. The Morgan fingerprint density at radius 1 is 0.707 bits per heavy atom. The molecule has 0 spiro atoms. The molecule has 303 valence electrons. The highest BCUT2D eigenvalue weighted by Gasteiger charge is 2.60. The Kier molecular flexibility index (Phi) is 13.6. The molecule has 6 atom stereocenters. The van der Waals surface area contributed by atoms with Gasteiger partial charge in [0, 0.05) is 30.5 Å². The summed E-state index contributed by atoms with van der Waals surface area (Å²) in [6, 6.07) is 42.8. The highest BCUT2D eigenvalue weighted by atomic mass is 35.5. The van der Waals surface area contributed by atoms with E-state index in [9.17, 15) is 0 Å². The fourth-order valence-corrected chi connectivity index (χ4v) is 8.47. The van der Waals surface area contributed by atoms with Crippen molar-refractivity contribution >= 4 is 22.1 Å². The molecule has 1 saturated heterocycles. The van der Waals surface area contributed by atoms with Gasteiger partial charge in [-0.25, -0.2) is 0 Å². The van der Waals surface area contributed by atoms with Gasteiger partial charge in [-0.3, -0.25) is 0 Å². The smallest absolute Gasteiger partial charge is 0.247 e. The van der Waals surface area contributed by atoms with E-state index in [-0.39, 0.29) is 12.0 Å². The van der Waals surface area contributed by atoms with Crippen molar-refractivity contribution in [2.75, 3.05) is 13.7 Å².